The number of anilines is 2. The SMILES string of the molecule is Nc1cc(F)ccc1C(=O)N1CCSc2ccccc21. The average molecular weight is 288 g/mol. The summed E-state index contributed by atoms with van der Waals surface area (Å²) in [6.45, 7) is 0.622. The minimum atomic E-state index is -0.436. The Morgan fingerprint density at radius 1 is 1.25 bits per heavy atom. The van der Waals surface area contributed by atoms with Gasteiger partial charge in [-0.2, -0.15) is 0 Å². The molecule has 1 heterocycles. The Balaban J connectivity index is 2.00. The zero-order valence-electron chi connectivity index (χ0n) is 10.7. The molecular weight excluding hydrogens is 275 g/mol. The smallest absolute Gasteiger partial charge is 0.260 e. The van der Waals surface area contributed by atoms with Gasteiger partial charge in [0.25, 0.3) is 5.91 Å². The number of halogens is 1. The molecule has 2 aromatic rings. The second-order valence-corrected chi connectivity index (χ2v) is 5.64. The summed E-state index contributed by atoms with van der Waals surface area (Å²) in [5, 5.41) is 0. The van der Waals surface area contributed by atoms with E-state index in [4.69, 9.17) is 5.73 Å². The highest BCUT2D eigenvalue weighted by Crippen LogP contribution is 2.35. The first-order valence-corrected chi connectivity index (χ1v) is 7.24. The van der Waals surface area contributed by atoms with Crippen molar-refractivity contribution in [2.75, 3.05) is 22.9 Å². The number of carbonyl (C=O) groups is 1. The van der Waals surface area contributed by atoms with Crippen molar-refractivity contribution in [2.24, 2.45) is 0 Å². The van der Waals surface area contributed by atoms with Crippen LogP contribution in [0.3, 0.4) is 0 Å². The topological polar surface area (TPSA) is 46.3 Å². The molecule has 0 fully saturated rings. The fourth-order valence-corrected chi connectivity index (χ4v) is 3.25. The number of rotatable bonds is 1. The normalized spacial score (nSPS) is 13.9. The summed E-state index contributed by atoms with van der Waals surface area (Å²) >= 11 is 1.73. The van der Waals surface area contributed by atoms with Crippen LogP contribution in [0.1, 0.15) is 10.4 Å². The van der Waals surface area contributed by atoms with E-state index in [0.717, 1.165) is 16.3 Å². The lowest BCUT2D eigenvalue weighted by atomic mass is 10.1. The molecular formula is C15H13FN2OS. The predicted octanol–water partition coefficient (Wildman–Crippen LogP) is 3.16. The van der Waals surface area contributed by atoms with Crippen molar-refractivity contribution in [1.29, 1.82) is 0 Å². The van der Waals surface area contributed by atoms with Crippen LogP contribution in [0, 0.1) is 5.82 Å². The van der Waals surface area contributed by atoms with Crippen molar-refractivity contribution >= 4 is 29.0 Å². The number of hydrogen-bond acceptors (Lipinski definition) is 3. The zero-order valence-corrected chi connectivity index (χ0v) is 11.5. The Bertz CT molecular complexity index is 675. The van der Waals surface area contributed by atoms with Gasteiger partial charge in [0, 0.05) is 22.9 Å². The number of nitrogen functional groups attached to an aromatic ring is 1. The van der Waals surface area contributed by atoms with Gasteiger partial charge in [0.05, 0.1) is 11.3 Å². The van der Waals surface area contributed by atoms with Crippen molar-refractivity contribution in [3.8, 4) is 0 Å². The maximum absolute atomic E-state index is 13.1. The second-order valence-electron chi connectivity index (χ2n) is 4.50. The molecule has 3 nitrogen and oxygen atoms in total. The summed E-state index contributed by atoms with van der Waals surface area (Å²) in [6, 6.07) is 11.6. The maximum atomic E-state index is 13.1. The van der Waals surface area contributed by atoms with Crippen LogP contribution in [0.5, 0.6) is 0 Å². The minimum Gasteiger partial charge on any atom is -0.398 e. The number of benzene rings is 2. The van der Waals surface area contributed by atoms with E-state index < -0.39 is 5.82 Å². The summed E-state index contributed by atoms with van der Waals surface area (Å²) in [5.41, 5.74) is 7.16. The number of carbonyl (C=O) groups excluding carboxylic acids is 1. The van der Waals surface area contributed by atoms with Gasteiger partial charge in [-0.25, -0.2) is 4.39 Å². The number of nitrogens with zero attached hydrogens (tertiary/aromatic N) is 1. The summed E-state index contributed by atoms with van der Waals surface area (Å²) in [5.74, 6) is 0.216. The molecule has 0 aliphatic carbocycles. The third-order valence-corrected chi connectivity index (χ3v) is 4.26. The fourth-order valence-electron chi connectivity index (χ4n) is 2.25. The van der Waals surface area contributed by atoms with Crippen LogP contribution >= 0.6 is 11.8 Å². The molecule has 5 heteroatoms. The van der Waals surface area contributed by atoms with Crippen molar-refractivity contribution in [2.45, 2.75) is 4.90 Å². The number of amides is 1. The van der Waals surface area contributed by atoms with Gasteiger partial charge in [-0.05, 0) is 30.3 Å². The largest absolute Gasteiger partial charge is 0.398 e. The van der Waals surface area contributed by atoms with Crippen LogP contribution in [0.25, 0.3) is 0 Å². The lowest BCUT2D eigenvalue weighted by Crippen LogP contribution is -2.35. The Labute approximate surface area is 120 Å². The van der Waals surface area contributed by atoms with E-state index in [0.29, 0.717) is 12.1 Å². The van der Waals surface area contributed by atoms with Crippen molar-refractivity contribution in [3.63, 3.8) is 0 Å². The van der Waals surface area contributed by atoms with Gasteiger partial charge < -0.3 is 10.6 Å². The van der Waals surface area contributed by atoms with Gasteiger partial charge in [0.1, 0.15) is 5.82 Å². The number of para-hydroxylation sites is 1. The van der Waals surface area contributed by atoms with Gasteiger partial charge in [0.15, 0.2) is 0 Å². The Hall–Kier alpha value is -2.01. The lowest BCUT2D eigenvalue weighted by Gasteiger charge is -2.29. The van der Waals surface area contributed by atoms with E-state index in [1.807, 2.05) is 24.3 Å². The fraction of sp³-hybridized carbons (Fsp3) is 0.133. The molecule has 1 aliphatic rings. The van der Waals surface area contributed by atoms with Crippen LogP contribution < -0.4 is 10.6 Å². The number of hydrogen-bond donors (Lipinski definition) is 1. The summed E-state index contributed by atoms with van der Waals surface area (Å²) < 4.78 is 13.1. The third-order valence-electron chi connectivity index (χ3n) is 3.22. The standard InChI is InChI=1S/C15H13FN2OS/c16-10-5-6-11(12(17)9-10)15(19)18-7-8-20-14-4-2-1-3-13(14)18/h1-6,9H,7-8,17H2. The number of thioether (sulfide) groups is 1. The average Bonchev–Trinajstić information content (AvgIpc) is 2.46. The molecule has 0 spiro atoms. The highest BCUT2D eigenvalue weighted by atomic mass is 32.2. The molecule has 0 bridgehead atoms. The number of fused-ring (bicyclic) bond motifs is 1. The first-order valence-electron chi connectivity index (χ1n) is 6.25. The molecule has 0 aromatic heterocycles. The molecule has 0 saturated heterocycles. The van der Waals surface area contributed by atoms with Crippen molar-refractivity contribution in [1.82, 2.24) is 0 Å². The van der Waals surface area contributed by atoms with E-state index in [9.17, 15) is 9.18 Å². The first-order chi connectivity index (χ1) is 9.66. The van der Waals surface area contributed by atoms with Gasteiger partial charge >= 0.3 is 0 Å². The van der Waals surface area contributed by atoms with Crippen LogP contribution in [0.15, 0.2) is 47.4 Å². The summed E-state index contributed by atoms with van der Waals surface area (Å²) in [4.78, 5) is 15.4. The zero-order chi connectivity index (χ0) is 14.1. The Kier molecular flexibility index (Phi) is 3.36. The molecule has 0 radical (unpaired) electrons. The molecule has 2 N–H and O–H groups in total. The van der Waals surface area contributed by atoms with E-state index in [1.165, 1.54) is 18.2 Å². The van der Waals surface area contributed by atoms with Gasteiger partial charge in [-0.15, -0.1) is 11.8 Å². The summed E-state index contributed by atoms with van der Waals surface area (Å²) in [7, 11) is 0. The highest BCUT2D eigenvalue weighted by Gasteiger charge is 2.24. The molecule has 0 atom stereocenters. The van der Waals surface area contributed by atoms with E-state index in [-0.39, 0.29) is 11.6 Å². The number of nitrogens with two attached hydrogens (primary N) is 1. The quantitative estimate of drug-likeness (QED) is 0.820. The molecule has 2 aromatic carbocycles. The minimum absolute atomic E-state index is 0.172. The van der Waals surface area contributed by atoms with Crippen LogP contribution in [-0.2, 0) is 0 Å². The Morgan fingerprint density at radius 2 is 2.05 bits per heavy atom. The first kappa shape index (κ1) is 13.0. The van der Waals surface area contributed by atoms with E-state index >= 15 is 0 Å². The molecule has 0 saturated carbocycles. The molecule has 102 valence electrons. The van der Waals surface area contributed by atoms with E-state index in [2.05, 4.69) is 0 Å². The third kappa shape index (κ3) is 2.25. The lowest BCUT2D eigenvalue weighted by molar-refractivity contribution is 0.0988. The van der Waals surface area contributed by atoms with Gasteiger partial charge in [-0.3, -0.25) is 4.79 Å². The van der Waals surface area contributed by atoms with Crippen molar-refractivity contribution < 1.29 is 9.18 Å². The van der Waals surface area contributed by atoms with Crippen LogP contribution in [-0.4, -0.2) is 18.2 Å². The molecule has 3 rings (SSSR count). The molecule has 0 unspecified atom stereocenters. The highest BCUT2D eigenvalue weighted by molar-refractivity contribution is 7.99. The molecule has 1 aliphatic heterocycles. The predicted molar refractivity (Wildman–Crippen MR) is 79.7 cm³/mol. The van der Waals surface area contributed by atoms with Gasteiger partial charge in [0.2, 0.25) is 0 Å². The maximum Gasteiger partial charge on any atom is 0.260 e. The van der Waals surface area contributed by atoms with Crippen LogP contribution in [0.2, 0.25) is 0 Å². The summed E-state index contributed by atoms with van der Waals surface area (Å²) in [6.07, 6.45) is 0. The monoisotopic (exact) mass is 288 g/mol. The van der Waals surface area contributed by atoms with Crippen molar-refractivity contribution in [3.05, 3.63) is 53.8 Å². The Morgan fingerprint density at radius 3 is 2.85 bits per heavy atom. The van der Waals surface area contributed by atoms with Crippen LogP contribution in [0.4, 0.5) is 15.8 Å². The van der Waals surface area contributed by atoms with Gasteiger partial charge in [-0.1, -0.05) is 12.1 Å². The molecule has 20 heavy (non-hydrogen) atoms. The molecule has 1 amide bonds. The van der Waals surface area contributed by atoms with E-state index in [1.54, 1.807) is 16.7 Å². The second kappa shape index (κ2) is 5.17.